The van der Waals surface area contributed by atoms with Gasteiger partial charge >= 0.3 is 0 Å². The van der Waals surface area contributed by atoms with Crippen LogP contribution in [0.5, 0.6) is 0 Å². The van der Waals surface area contributed by atoms with Gasteiger partial charge in [-0.25, -0.2) is 13.1 Å². The van der Waals surface area contributed by atoms with Crippen molar-refractivity contribution in [2.75, 3.05) is 7.05 Å². The van der Waals surface area contributed by atoms with E-state index in [9.17, 15) is 8.42 Å². The van der Waals surface area contributed by atoms with Gasteiger partial charge in [-0.3, -0.25) is 0 Å². The summed E-state index contributed by atoms with van der Waals surface area (Å²) in [6, 6.07) is 7.37. The Hall–Kier alpha value is -1.48. The fraction of sp³-hybridized carbons (Fsp3) is 0.529. The minimum Gasteiger partial charge on any atom is -0.339 e. The third-order valence-corrected chi connectivity index (χ3v) is 5.79. The van der Waals surface area contributed by atoms with Gasteiger partial charge in [0.25, 0.3) is 0 Å². The molecule has 0 saturated heterocycles. The summed E-state index contributed by atoms with van der Waals surface area (Å²) in [6.45, 7) is 2.06. The first-order valence-corrected chi connectivity index (χ1v) is 10.0. The van der Waals surface area contributed by atoms with E-state index in [0.717, 1.165) is 31.2 Å². The van der Waals surface area contributed by atoms with Crippen LogP contribution in [0.3, 0.4) is 0 Å². The molecule has 0 bridgehead atoms. The Morgan fingerprint density at radius 1 is 1.23 bits per heavy atom. The summed E-state index contributed by atoms with van der Waals surface area (Å²) in [5, 5.41) is 7.12. The van der Waals surface area contributed by atoms with Crippen LogP contribution in [-0.2, 0) is 29.3 Å². The number of aromatic nitrogens is 2. The van der Waals surface area contributed by atoms with Crippen LogP contribution in [0.1, 0.15) is 37.0 Å². The summed E-state index contributed by atoms with van der Waals surface area (Å²) in [4.78, 5) is 4.70. The highest BCUT2D eigenvalue weighted by Crippen LogP contribution is 2.22. The summed E-state index contributed by atoms with van der Waals surface area (Å²) in [6.07, 6.45) is 3.93. The quantitative estimate of drug-likeness (QED) is 0.666. The molecule has 1 unspecified atom stereocenters. The smallest absolute Gasteiger partial charge is 0.240 e. The van der Waals surface area contributed by atoms with Crippen LogP contribution in [0.4, 0.5) is 0 Å². The zero-order valence-corrected chi connectivity index (χ0v) is 16.6. The monoisotopic (exact) mass is 400 g/mol. The molecule has 7 nitrogen and oxygen atoms in total. The third-order valence-electron chi connectivity index (χ3n) is 4.25. The van der Waals surface area contributed by atoms with Gasteiger partial charge in [0, 0.05) is 24.9 Å². The van der Waals surface area contributed by atoms with Gasteiger partial charge in [0.2, 0.25) is 15.9 Å². The number of rotatable bonds is 9. The lowest BCUT2D eigenvalue weighted by atomic mass is 10.1. The Morgan fingerprint density at radius 3 is 2.54 bits per heavy atom. The number of hydrogen-bond donors (Lipinski definition) is 2. The van der Waals surface area contributed by atoms with Gasteiger partial charge in [-0.05, 0) is 50.9 Å². The maximum Gasteiger partial charge on any atom is 0.240 e. The lowest BCUT2D eigenvalue weighted by Gasteiger charge is -2.06. The minimum absolute atomic E-state index is 0. The normalized spacial score (nSPS) is 15.5. The molecule has 1 heterocycles. The molecule has 2 N–H and O–H groups in total. The molecule has 1 aliphatic carbocycles. The highest BCUT2D eigenvalue weighted by Gasteiger charge is 2.27. The predicted octanol–water partition coefficient (Wildman–Crippen LogP) is 1.87. The van der Waals surface area contributed by atoms with Crippen LogP contribution in [0.25, 0.3) is 0 Å². The topological polar surface area (TPSA) is 97.1 Å². The molecule has 0 spiro atoms. The summed E-state index contributed by atoms with van der Waals surface area (Å²) in [5.74, 6) is 1.30. The molecular formula is C17H25ClN4O3S. The number of hydrogen-bond acceptors (Lipinski definition) is 6. The lowest BCUT2D eigenvalue weighted by molar-refractivity contribution is 0.371. The average Bonchev–Trinajstić information content (AvgIpc) is 3.29. The van der Waals surface area contributed by atoms with Crippen molar-refractivity contribution in [2.45, 2.75) is 56.0 Å². The van der Waals surface area contributed by atoms with Crippen LogP contribution in [0, 0.1) is 0 Å². The van der Waals surface area contributed by atoms with E-state index in [4.69, 9.17) is 4.52 Å². The van der Waals surface area contributed by atoms with E-state index in [1.165, 1.54) is 0 Å². The summed E-state index contributed by atoms with van der Waals surface area (Å²) >= 11 is 0. The number of halogens is 1. The van der Waals surface area contributed by atoms with Gasteiger partial charge in [0.15, 0.2) is 5.82 Å². The van der Waals surface area contributed by atoms with E-state index in [1.807, 2.05) is 19.2 Å². The first kappa shape index (κ1) is 20.8. The molecule has 9 heteroatoms. The first-order chi connectivity index (χ1) is 12.0. The maximum absolute atomic E-state index is 12.1. The van der Waals surface area contributed by atoms with E-state index in [-0.39, 0.29) is 18.4 Å². The van der Waals surface area contributed by atoms with Crippen molar-refractivity contribution < 1.29 is 12.9 Å². The lowest BCUT2D eigenvalue weighted by Crippen LogP contribution is -2.25. The number of likely N-dealkylation sites (N-methyl/N-ethyl adjacent to an activating group) is 1. The minimum atomic E-state index is -3.39. The van der Waals surface area contributed by atoms with Crippen molar-refractivity contribution in [1.82, 2.24) is 20.2 Å². The zero-order valence-electron chi connectivity index (χ0n) is 14.9. The van der Waals surface area contributed by atoms with Crippen molar-refractivity contribution in [3.05, 3.63) is 41.5 Å². The average molecular weight is 401 g/mol. The molecule has 0 radical (unpaired) electrons. The van der Waals surface area contributed by atoms with Gasteiger partial charge in [0.05, 0.1) is 4.90 Å². The second kappa shape index (κ2) is 8.94. The first-order valence-electron chi connectivity index (χ1n) is 8.56. The number of nitrogens with one attached hydrogen (secondary N) is 2. The summed E-state index contributed by atoms with van der Waals surface area (Å²) < 4.78 is 32.2. The van der Waals surface area contributed by atoms with E-state index in [0.29, 0.717) is 29.1 Å². The molecule has 1 atom stereocenters. The number of aryl methyl sites for hydroxylation is 2. The highest BCUT2D eigenvalue weighted by molar-refractivity contribution is 7.89. The number of benzene rings is 1. The molecule has 1 aliphatic rings. The molecule has 2 aromatic rings. The fourth-order valence-corrected chi connectivity index (χ4v) is 3.73. The molecule has 26 heavy (non-hydrogen) atoms. The Labute approximate surface area is 160 Å². The van der Waals surface area contributed by atoms with Gasteiger partial charge < -0.3 is 9.84 Å². The van der Waals surface area contributed by atoms with Crippen molar-refractivity contribution in [1.29, 1.82) is 0 Å². The highest BCUT2D eigenvalue weighted by atomic mass is 35.5. The van der Waals surface area contributed by atoms with Crippen LogP contribution >= 0.6 is 12.4 Å². The molecule has 1 aromatic heterocycles. The largest absolute Gasteiger partial charge is 0.339 e. The second-order valence-electron chi connectivity index (χ2n) is 6.54. The van der Waals surface area contributed by atoms with Crippen LogP contribution in [0.2, 0.25) is 0 Å². The summed E-state index contributed by atoms with van der Waals surface area (Å²) in [5.41, 5.74) is 1.04. The third kappa shape index (κ3) is 5.77. The second-order valence-corrected chi connectivity index (χ2v) is 8.25. The molecule has 0 aliphatic heterocycles. The Bertz CT molecular complexity index is 804. The molecule has 0 amide bonds. The van der Waals surface area contributed by atoms with E-state index in [1.54, 1.807) is 12.1 Å². The van der Waals surface area contributed by atoms with Crippen LogP contribution in [-0.4, -0.2) is 37.7 Å². The Kier molecular flexibility index (Phi) is 7.16. The van der Waals surface area contributed by atoms with Gasteiger partial charge in [-0.15, -0.1) is 12.4 Å². The Morgan fingerprint density at radius 2 is 1.92 bits per heavy atom. The molecule has 1 aromatic carbocycles. The van der Waals surface area contributed by atoms with Gasteiger partial charge in [-0.2, -0.15) is 4.98 Å². The molecular weight excluding hydrogens is 376 g/mol. The van der Waals surface area contributed by atoms with Crippen LogP contribution in [0.15, 0.2) is 33.7 Å². The molecule has 3 rings (SSSR count). The Balaban J connectivity index is 0.00000243. The van der Waals surface area contributed by atoms with Crippen molar-refractivity contribution in [2.24, 2.45) is 0 Å². The van der Waals surface area contributed by atoms with E-state index < -0.39 is 10.0 Å². The van der Waals surface area contributed by atoms with Gasteiger partial charge in [0.1, 0.15) is 0 Å². The van der Waals surface area contributed by atoms with Gasteiger partial charge in [-0.1, -0.05) is 17.3 Å². The van der Waals surface area contributed by atoms with Crippen molar-refractivity contribution in [3.8, 4) is 0 Å². The van der Waals surface area contributed by atoms with Crippen LogP contribution < -0.4 is 10.0 Å². The number of nitrogens with zero attached hydrogens (tertiary/aromatic N) is 2. The zero-order chi connectivity index (χ0) is 17.9. The summed E-state index contributed by atoms with van der Waals surface area (Å²) in [7, 11) is -1.49. The number of sulfonamides is 1. The SMILES string of the molecule is CNC(C)Cc1noc(CCc2ccc(S(=O)(=O)NC3CC3)cc2)n1.Cl. The van der Waals surface area contributed by atoms with E-state index in [2.05, 4.69) is 27.1 Å². The fourth-order valence-electron chi connectivity index (χ4n) is 2.43. The predicted molar refractivity (Wildman–Crippen MR) is 101 cm³/mol. The van der Waals surface area contributed by atoms with E-state index >= 15 is 0 Å². The molecule has 1 fully saturated rings. The standard InChI is InChI=1S/C17H24N4O3S.ClH/c1-12(18-2)11-16-19-17(24-20-16)10-5-13-3-8-15(9-4-13)25(22,23)21-14-6-7-14;/h3-4,8-9,12,14,18,21H,5-7,10-11H2,1-2H3;1H. The molecule has 144 valence electrons. The van der Waals surface area contributed by atoms with Crippen molar-refractivity contribution in [3.63, 3.8) is 0 Å². The molecule has 1 saturated carbocycles. The van der Waals surface area contributed by atoms with Crippen molar-refractivity contribution >= 4 is 22.4 Å². The maximum atomic E-state index is 12.1.